The summed E-state index contributed by atoms with van der Waals surface area (Å²) >= 11 is 0. The van der Waals surface area contributed by atoms with Gasteiger partial charge in [0, 0.05) is 26.2 Å². The molecule has 1 amide bonds. The summed E-state index contributed by atoms with van der Waals surface area (Å²) in [6, 6.07) is 7.46. The van der Waals surface area contributed by atoms with Crippen LogP contribution in [0.4, 0.5) is 0 Å². The quantitative estimate of drug-likeness (QED) is 0.906. The van der Waals surface area contributed by atoms with Crippen LogP contribution < -0.4 is 10.1 Å². The van der Waals surface area contributed by atoms with Gasteiger partial charge in [-0.2, -0.15) is 0 Å². The molecule has 1 N–H and O–H groups in total. The number of carbonyl (C=O) groups excluding carboxylic acids is 1. The highest BCUT2D eigenvalue weighted by Gasteiger charge is 2.26. The molecule has 2 heterocycles. The number of halogens is 1. The predicted molar refractivity (Wildman–Crippen MR) is 88.7 cm³/mol. The van der Waals surface area contributed by atoms with Gasteiger partial charge in [0.15, 0.2) is 5.69 Å². The largest absolute Gasteiger partial charge is 0.494 e. The number of para-hydroxylation sites is 2. The lowest BCUT2D eigenvalue weighted by atomic mass is 10.2. The topological polar surface area (TPSA) is 72.3 Å². The lowest BCUT2D eigenvalue weighted by molar-refractivity contribution is 0.0725. The first-order chi connectivity index (χ1) is 10.7. The van der Waals surface area contributed by atoms with Crippen LogP contribution >= 0.6 is 12.4 Å². The Morgan fingerprint density at radius 1 is 1.26 bits per heavy atom. The molecule has 1 saturated heterocycles. The molecule has 0 unspecified atom stereocenters. The average Bonchev–Trinajstić information content (AvgIpc) is 2.96. The van der Waals surface area contributed by atoms with E-state index in [1.807, 2.05) is 29.2 Å². The maximum absolute atomic E-state index is 12.8. The lowest BCUT2D eigenvalue weighted by Crippen LogP contribution is -2.47. The van der Waals surface area contributed by atoms with Gasteiger partial charge in [-0.25, -0.2) is 4.68 Å². The third kappa shape index (κ3) is 3.30. The summed E-state index contributed by atoms with van der Waals surface area (Å²) < 4.78 is 6.93. The van der Waals surface area contributed by atoms with Crippen LogP contribution in [0, 0.1) is 6.92 Å². The summed E-state index contributed by atoms with van der Waals surface area (Å²) in [5, 5.41) is 11.5. The van der Waals surface area contributed by atoms with Crippen molar-refractivity contribution in [2.75, 3.05) is 33.3 Å². The summed E-state index contributed by atoms with van der Waals surface area (Å²) in [6.45, 7) is 4.79. The third-order valence-corrected chi connectivity index (χ3v) is 3.76. The third-order valence-electron chi connectivity index (χ3n) is 3.76. The average molecular weight is 338 g/mol. The second-order valence-electron chi connectivity index (χ2n) is 5.15. The van der Waals surface area contributed by atoms with Crippen LogP contribution in [0.1, 0.15) is 16.2 Å². The highest BCUT2D eigenvalue weighted by Crippen LogP contribution is 2.24. The molecule has 1 aromatic carbocycles. The number of methoxy groups -OCH3 is 1. The van der Waals surface area contributed by atoms with Crippen LogP contribution in [-0.4, -0.2) is 59.1 Å². The van der Waals surface area contributed by atoms with Crippen LogP contribution in [0.25, 0.3) is 5.69 Å². The number of aryl methyl sites for hydroxylation is 1. The van der Waals surface area contributed by atoms with E-state index in [9.17, 15) is 4.79 Å². The zero-order valence-corrected chi connectivity index (χ0v) is 14.0. The summed E-state index contributed by atoms with van der Waals surface area (Å²) in [7, 11) is 1.60. The van der Waals surface area contributed by atoms with E-state index in [1.54, 1.807) is 18.7 Å². The van der Waals surface area contributed by atoms with E-state index in [2.05, 4.69) is 15.6 Å². The van der Waals surface area contributed by atoms with Crippen LogP contribution in [0.15, 0.2) is 24.3 Å². The number of nitrogens with zero attached hydrogens (tertiary/aromatic N) is 4. The number of nitrogens with one attached hydrogen (secondary N) is 1. The highest BCUT2D eigenvalue weighted by atomic mass is 35.5. The maximum Gasteiger partial charge on any atom is 0.274 e. The molecule has 124 valence electrons. The van der Waals surface area contributed by atoms with Gasteiger partial charge in [0.1, 0.15) is 11.4 Å². The van der Waals surface area contributed by atoms with E-state index in [-0.39, 0.29) is 18.3 Å². The Balaban J connectivity index is 0.00000192. The van der Waals surface area contributed by atoms with Crippen LogP contribution in [0.2, 0.25) is 0 Å². The van der Waals surface area contributed by atoms with Crippen molar-refractivity contribution in [3.8, 4) is 11.4 Å². The van der Waals surface area contributed by atoms with Crippen LogP contribution in [-0.2, 0) is 0 Å². The van der Waals surface area contributed by atoms with Gasteiger partial charge in [-0.1, -0.05) is 17.3 Å². The minimum Gasteiger partial charge on any atom is -0.494 e. The van der Waals surface area contributed by atoms with E-state index >= 15 is 0 Å². The molecule has 0 aliphatic carbocycles. The van der Waals surface area contributed by atoms with Crippen molar-refractivity contribution in [2.45, 2.75) is 6.92 Å². The number of ether oxygens (including phenoxy) is 1. The number of benzene rings is 1. The molecule has 0 radical (unpaired) electrons. The van der Waals surface area contributed by atoms with E-state index in [0.717, 1.165) is 13.1 Å². The molecule has 1 aliphatic heterocycles. The molecule has 0 atom stereocenters. The molecule has 0 spiro atoms. The molecule has 7 nitrogen and oxygen atoms in total. The van der Waals surface area contributed by atoms with Crippen molar-refractivity contribution in [2.24, 2.45) is 0 Å². The van der Waals surface area contributed by atoms with Crippen molar-refractivity contribution < 1.29 is 9.53 Å². The van der Waals surface area contributed by atoms with Crippen molar-refractivity contribution >= 4 is 18.3 Å². The summed E-state index contributed by atoms with van der Waals surface area (Å²) in [4.78, 5) is 14.7. The van der Waals surface area contributed by atoms with E-state index < -0.39 is 0 Å². The first-order valence-corrected chi connectivity index (χ1v) is 7.28. The minimum atomic E-state index is -0.0464. The van der Waals surface area contributed by atoms with Gasteiger partial charge in [-0.3, -0.25) is 4.79 Å². The predicted octanol–water partition coefficient (Wildman–Crippen LogP) is 1.05. The number of hydrogen-bond acceptors (Lipinski definition) is 5. The van der Waals surface area contributed by atoms with Gasteiger partial charge in [0.2, 0.25) is 0 Å². The summed E-state index contributed by atoms with van der Waals surface area (Å²) in [5.74, 6) is 0.608. The Morgan fingerprint density at radius 3 is 2.65 bits per heavy atom. The second-order valence-corrected chi connectivity index (χ2v) is 5.15. The number of amides is 1. The number of rotatable bonds is 3. The molecule has 0 bridgehead atoms. The SMILES string of the molecule is COc1ccccc1-n1nnc(C)c1C(=O)N1CCNCC1.Cl. The van der Waals surface area contributed by atoms with E-state index in [0.29, 0.717) is 35.9 Å². The number of hydrogen-bond donors (Lipinski definition) is 1. The standard InChI is InChI=1S/C15H19N5O2.ClH/c1-11-14(15(21)19-9-7-16-8-10-19)20(18-17-11)12-5-3-4-6-13(12)22-2;/h3-6,16H,7-10H2,1-2H3;1H. The Labute approximate surface area is 141 Å². The van der Waals surface area contributed by atoms with Gasteiger partial charge in [0.25, 0.3) is 5.91 Å². The molecule has 8 heteroatoms. The molecule has 1 aliphatic rings. The van der Waals surface area contributed by atoms with Crippen LogP contribution in [0.3, 0.4) is 0 Å². The fourth-order valence-electron chi connectivity index (χ4n) is 2.59. The molecule has 1 fully saturated rings. The molecule has 1 aromatic heterocycles. The van der Waals surface area contributed by atoms with Gasteiger partial charge in [-0.15, -0.1) is 17.5 Å². The van der Waals surface area contributed by atoms with Gasteiger partial charge in [-0.05, 0) is 19.1 Å². The van der Waals surface area contributed by atoms with E-state index in [1.165, 1.54) is 0 Å². The smallest absolute Gasteiger partial charge is 0.274 e. The van der Waals surface area contributed by atoms with Crippen molar-refractivity contribution in [3.63, 3.8) is 0 Å². The number of piperazine rings is 1. The van der Waals surface area contributed by atoms with Crippen molar-refractivity contribution in [3.05, 3.63) is 35.7 Å². The van der Waals surface area contributed by atoms with Crippen molar-refractivity contribution in [1.29, 1.82) is 0 Å². The van der Waals surface area contributed by atoms with Crippen molar-refractivity contribution in [1.82, 2.24) is 25.2 Å². The maximum atomic E-state index is 12.8. The number of carbonyl (C=O) groups is 1. The Bertz CT molecular complexity index is 682. The molecule has 23 heavy (non-hydrogen) atoms. The Kier molecular flexibility index (Phi) is 5.57. The summed E-state index contributed by atoms with van der Waals surface area (Å²) in [6.07, 6.45) is 0. The molecular weight excluding hydrogens is 318 g/mol. The molecule has 0 saturated carbocycles. The zero-order valence-electron chi connectivity index (χ0n) is 13.2. The monoisotopic (exact) mass is 337 g/mol. The second kappa shape index (κ2) is 7.43. The molecular formula is C15H20ClN5O2. The van der Waals surface area contributed by atoms with Crippen LogP contribution in [0.5, 0.6) is 5.75 Å². The summed E-state index contributed by atoms with van der Waals surface area (Å²) in [5.41, 5.74) is 1.82. The lowest BCUT2D eigenvalue weighted by Gasteiger charge is -2.27. The molecule has 2 aromatic rings. The first-order valence-electron chi connectivity index (χ1n) is 7.28. The fraction of sp³-hybridized carbons (Fsp3) is 0.400. The van der Waals surface area contributed by atoms with Gasteiger partial charge < -0.3 is 15.0 Å². The van der Waals surface area contributed by atoms with Gasteiger partial charge in [0.05, 0.1) is 12.8 Å². The fourth-order valence-corrected chi connectivity index (χ4v) is 2.59. The van der Waals surface area contributed by atoms with Gasteiger partial charge >= 0.3 is 0 Å². The highest BCUT2D eigenvalue weighted by molar-refractivity contribution is 5.94. The van der Waals surface area contributed by atoms with E-state index in [4.69, 9.17) is 4.74 Å². The Morgan fingerprint density at radius 2 is 1.96 bits per heavy atom. The minimum absolute atomic E-state index is 0. The zero-order chi connectivity index (χ0) is 15.5. The molecule has 3 rings (SSSR count). The first kappa shape index (κ1) is 17.2. The normalized spacial score (nSPS) is 14.3. The number of aromatic nitrogens is 3. The Hall–Kier alpha value is -2.12.